The van der Waals surface area contributed by atoms with Crippen LogP contribution in [0.3, 0.4) is 0 Å². The van der Waals surface area contributed by atoms with Gasteiger partial charge in [-0.05, 0) is 37.6 Å². The van der Waals surface area contributed by atoms with Crippen LogP contribution in [-0.4, -0.2) is 44.9 Å². The fraction of sp³-hybridized carbons (Fsp3) is 0.571. The molecule has 1 saturated heterocycles. The van der Waals surface area contributed by atoms with Gasteiger partial charge in [0.05, 0.1) is 37.1 Å². The van der Waals surface area contributed by atoms with Crippen molar-refractivity contribution in [3.63, 3.8) is 0 Å². The summed E-state index contributed by atoms with van der Waals surface area (Å²) in [5, 5.41) is 0. The van der Waals surface area contributed by atoms with Crippen LogP contribution in [0, 0.1) is 5.82 Å². The van der Waals surface area contributed by atoms with Crippen molar-refractivity contribution in [1.29, 1.82) is 0 Å². The molecule has 0 radical (unpaired) electrons. The highest BCUT2D eigenvalue weighted by atomic mass is 32.2. The molecule has 1 N–H and O–H groups in total. The number of hydrogen-bond donors (Lipinski definition) is 1. The Morgan fingerprint density at radius 3 is 2.30 bits per heavy atom. The van der Waals surface area contributed by atoms with Crippen LogP contribution in [0.25, 0.3) is 0 Å². The number of piperazine rings is 1. The third-order valence-corrected chi connectivity index (χ3v) is 6.04. The van der Waals surface area contributed by atoms with Gasteiger partial charge in [-0.2, -0.15) is 4.31 Å². The van der Waals surface area contributed by atoms with E-state index in [-0.39, 0.29) is 4.90 Å². The van der Waals surface area contributed by atoms with Gasteiger partial charge in [0, 0.05) is 0 Å². The zero-order valence-electron chi connectivity index (χ0n) is 12.0. The first-order chi connectivity index (χ1) is 9.45. The van der Waals surface area contributed by atoms with Crippen LogP contribution in [0.15, 0.2) is 29.2 Å². The Balaban J connectivity index is 2.07. The summed E-state index contributed by atoms with van der Waals surface area (Å²) < 4.78 is 39.3. The lowest BCUT2D eigenvalue weighted by Crippen LogP contribution is -3.17. The van der Waals surface area contributed by atoms with E-state index in [0.29, 0.717) is 19.1 Å². The molecule has 1 aromatic carbocycles. The summed E-state index contributed by atoms with van der Waals surface area (Å²) in [7, 11) is -3.48. The zero-order chi connectivity index (χ0) is 14.8. The van der Waals surface area contributed by atoms with Crippen molar-refractivity contribution >= 4 is 10.0 Å². The number of nitrogens with zero attached hydrogens (tertiary/aromatic N) is 1. The van der Waals surface area contributed by atoms with E-state index < -0.39 is 15.8 Å². The van der Waals surface area contributed by atoms with Crippen molar-refractivity contribution in [3.8, 4) is 0 Å². The van der Waals surface area contributed by atoms with Gasteiger partial charge in [-0.3, -0.25) is 0 Å². The second kappa shape index (κ2) is 6.20. The van der Waals surface area contributed by atoms with Crippen LogP contribution < -0.4 is 4.90 Å². The SMILES string of the molecule is CC[C@H](C)[NH+]1CCN(S(=O)(=O)c2ccc(F)cc2)CC1. The summed E-state index contributed by atoms with van der Waals surface area (Å²) in [5.74, 6) is -0.421. The molecule has 0 amide bonds. The number of quaternary nitrogens is 1. The van der Waals surface area contributed by atoms with E-state index >= 15 is 0 Å². The van der Waals surface area contributed by atoms with Crippen molar-refractivity contribution < 1.29 is 17.7 Å². The van der Waals surface area contributed by atoms with Crippen LogP contribution in [0.2, 0.25) is 0 Å². The first-order valence-electron chi connectivity index (χ1n) is 7.05. The minimum atomic E-state index is -3.48. The normalized spacial score (nSPS) is 19.9. The van der Waals surface area contributed by atoms with Crippen molar-refractivity contribution in [2.45, 2.75) is 31.2 Å². The molecule has 0 saturated carbocycles. The van der Waals surface area contributed by atoms with Crippen LogP contribution in [0.5, 0.6) is 0 Å². The highest BCUT2D eigenvalue weighted by Gasteiger charge is 2.31. The predicted octanol–water partition coefficient (Wildman–Crippen LogP) is 0.513. The standard InChI is InChI=1S/C14H21FN2O2S/c1-3-12(2)16-8-10-17(11-9-16)20(18,19)14-6-4-13(15)5-7-14/h4-7,12H,3,8-11H2,1-2H3/p+1/t12-/m0/s1. The fourth-order valence-corrected chi connectivity index (χ4v) is 3.99. The highest BCUT2D eigenvalue weighted by Crippen LogP contribution is 2.16. The summed E-state index contributed by atoms with van der Waals surface area (Å²) in [6.45, 7) is 7.06. The Morgan fingerprint density at radius 1 is 1.25 bits per heavy atom. The highest BCUT2D eigenvalue weighted by molar-refractivity contribution is 7.89. The molecule has 1 fully saturated rings. The van der Waals surface area contributed by atoms with Gasteiger partial charge in [-0.15, -0.1) is 0 Å². The predicted molar refractivity (Wildman–Crippen MR) is 75.6 cm³/mol. The summed E-state index contributed by atoms with van der Waals surface area (Å²) in [6.07, 6.45) is 1.10. The van der Waals surface area contributed by atoms with Gasteiger partial charge in [-0.1, -0.05) is 6.92 Å². The Bertz CT molecular complexity index is 537. The lowest BCUT2D eigenvalue weighted by molar-refractivity contribution is -0.927. The third kappa shape index (κ3) is 3.19. The monoisotopic (exact) mass is 301 g/mol. The van der Waals surface area contributed by atoms with Crippen molar-refractivity contribution in [2.75, 3.05) is 26.2 Å². The van der Waals surface area contributed by atoms with Crippen LogP contribution in [-0.2, 0) is 10.0 Å². The van der Waals surface area contributed by atoms with E-state index in [9.17, 15) is 12.8 Å². The molecule has 2 rings (SSSR count). The number of hydrogen-bond acceptors (Lipinski definition) is 2. The quantitative estimate of drug-likeness (QED) is 0.881. The van der Waals surface area contributed by atoms with Crippen molar-refractivity contribution in [1.82, 2.24) is 4.31 Å². The van der Waals surface area contributed by atoms with Gasteiger partial charge in [0.1, 0.15) is 5.82 Å². The Hall–Kier alpha value is -0.980. The van der Waals surface area contributed by atoms with Crippen molar-refractivity contribution in [3.05, 3.63) is 30.1 Å². The Morgan fingerprint density at radius 2 is 1.80 bits per heavy atom. The van der Waals surface area contributed by atoms with Gasteiger partial charge in [0.2, 0.25) is 10.0 Å². The molecule has 0 aliphatic carbocycles. The maximum atomic E-state index is 12.9. The van der Waals surface area contributed by atoms with Gasteiger partial charge in [0.25, 0.3) is 0 Å². The molecule has 1 aliphatic heterocycles. The van der Waals surface area contributed by atoms with Crippen LogP contribution in [0.1, 0.15) is 20.3 Å². The lowest BCUT2D eigenvalue weighted by Gasteiger charge is -2.34. The first-order valence-corrected chi connectivity index (χ1v) is 8.49. The van der Waals surface area contributed by atoms with Crippen molar-refractivity contribution in [2.24, 2.45) is 0 Å². The summed E-state index contributed by atoms with van der Waals surface area (Å²) in [5.41, 5.74) is 0. The molecular formula is C14H22FN2O2S+. The Kier molecular flexibility index (Phi) is 4.78. The maximum absolute atomic E-state index is 12.9. The van der Waals surface area contributed by atoms with Gasteiger partial charge >= 0.3 is 0 Å². The minimum Gasteiger partial charge on any atom is -0.331 e. The average molecular weight is 301 g/mol. The lowest BCUT2D eigenvalue weighted by atomic mass is 10.2. The number of rotatable bonds is 4. The summed E-state index contributed by atoms with van der Waals surface area (Å²) in [6, 6.07) is 5.60. The first kappa shape index (κ1) is 15.4. The van der Waals surface area contributed by atoms with Gasteiger partial charge < -0.3 is 4.90 Å². The zero-order valence-corrected chi connectivity index (χ0v) is 12.8. The number of sulfonamides is 1. The molecule has 20 heavy (non-hydrogen) atoms. The molecular weight excluding hydrogens is 279 g/mol. The van der Waals surface area contributed by atoms with Crippen LogP contribution >= 0.6 is 0 Å². The van der Waals surface area contributed by atoms with E-state index in [1.165, 1.54) is 33.5 Å². The molecule has 112 valence electrons. The third-order valence-electron chi connectivity index (χ3n) is 4.13. The number of halogens is 1. The Labute approximate surface area is 120 Å². The van der Waals surface area contributed by atoms with E-state index in [2.05, 4.69) is 13.8 Å². The molecule has 1 aromatic rings. The average Bonchev–Trinajstić information content (AvgIpc) is 2.47. The van der Waals surface area contributed by atoms with E-state index in [4.69, 9.17) is 0 Å². The maximum Gasteiger partial charge on any atom is 0.243 e. The smallest absolute Gasteiger partial charge is 0.243 e. The summed E-state index contributed by atoms with van der Waals surface area (Å²) >= 11 is 0. The molecule has 1 atom stereocenters. The topological polar surface area (TPSA) is 41.8 Å². The molecule has 0 unspecified atom stereocenters. The van der Waals surface area contributed by atoms with Crippen LogP contribution in [0.4, 0.5) is 4.39 Å². The largest absolute Gasteiger partial charge is 0.331 e. The molecule has 1 heterocycles. The van der Waals surface area contributed by atoms with E-state index in [1.807, 2.05) is 0 Å². The van der Waals surface area contributed by atoms with E-state index in [0.717, 1.165) is 19.5 Å². The minimum absolute atomic E-state index is 0.172. The second-order valence-electron chi connectivity index (χ2n) is 5.33. The van der Waals surface area contributed by atoms with Gasteiger partial charge in [-0.25, -0.2) is 12.8 Å². The molecule has 0 spiro atoms. The number of benzene rings is 1. The second-order valence-corrected chi connectivity index (χ2v) is 7.26. The molecule has 0 aromatic heterocycles. The summed E-state index contributed by atoms with van der Waals surface area (Å²) in [4.78, 5) is 1.63. The molecule has 0 bridgehead atoms. The molecule has 6 heteroatoms. The fourth-order valence-electron chi connectivity index (χ4n) is 2.55. The number of nitrogens with one attached hydrogen (secondary N) is 1. The molecule has 1 aliphatic rings. The van der Waals surface area contributed by atoms with E-state index in [1.54, 1.807) is 0 Å². The van der Waals surface area contributed by atoms with Gasteiger partial charge in [0.15, 0.2) is 0 Å². The molecule has 4 nitrogen and oxygen atoms in total.